The highest BCUT2D eigenvalue weighted by Gasteiger charge is 2.16. The predicted octanol–water partition coefficient (Wildman–Crippen LogP) is 0.594. The molecular formula is C10H13ClN2O6S2. The van der Waals surface area contributed by atoms with Gasteiger partial charge in [0.2, 0.25) is 20.0 Å². The van der Waals surface area contributed by atoms with E-state index in [0.717, 1.165) is 12.1 Å². The van der Waals surface area contributed by atoms with Crippen molar-refractivity contribution in [3.63, 3.8) is 0 Å². The van der Waals surface area contributed by atoms with Crippen LogP contribution in [0.4, 0.5) is 5.69 Å². The van der Waals surface area contributed by atoms with Gasteiger partial charge in [0.05, 0.1) is 21.4 Å². The Morgan fingerprint density at radius 1 is 1.29 bits per heavy atom. The molecule has 0 aliphatic carbocycles. The van der Waals surface area contributed by atoms with Crippen LogP contribution in [0.2, 0.25) is 5.02 Å². The zero-order valence-electron chi connectivity index (χ0n) is 10.6. The second-order valence-electron chi connectivity index (χ2n) is 4.10. The van der Waals surface area contributed by atoms with Crippen LogP contribution in [0.1, 0.15) is 12.8 Å². The largest absolute Gasteiger partial charge is 0.481 e. The summed E-state index contributed by atoms with van der Waals surface area (Å²) in [5.41, 5.74) is -0.140. The number of rotatable bonds is 7. The van der Waals surface area contributed by atoms with Gasteiger partial charge in [-0.2, -0.15) is 0 Å². The van der Waals surface area contributed by atoms with Gasteiger partial charge < -0.3 is 5.11 Å². The first-order chi connectivity index (χ1) is 9.51. The van der Waals surface area contributed by atoms with Crippen LogP contribution in [0.3, 0.4) is 0 Å². The number of carboxylic acid groups (broad SMARTS) is 1. The molecule has 21 heavy (non-hydrogen) atoms. The Kier molecular flexibility index (Phi) is 5.56. The normalized spacial score (nSPS) is 12.1. The van der Waals surface area contributed by atoms with Crippen molar-refractivity contribution < 1.29 is 26.7 Å². The Labute approximate surface area is 127 Å². The summed E-state index contributed by atoms with van der Waals surface area (Å²) < 4.78 is 48.0. The minimum atomic E-state index is -4.00. The first-order valence-electron chi connectivity index (χ1n) is 5.56. The maximum atomic E-state index is 11.8. The fourth-order valence-electron chi connectivity index (χ4n) is 1.39. The van der Waals surface area contributed by atoms with Gasteiger partial charge in [0.1, 0.15) is 0 Å². The van der Waals surface area contributed by atoms with Crippen molar-refractivity contribution in [2.75, 3.05) is 10.5 Å². The van der Waals surface area contributed by atoms with Crippen molar-refractivity contribution in [2.45, 2.75) is 17.7 Å². The standard InChI is InChI=1S/C10H13ClN2O6S2/c11-8-4-3-7(21(12,18)19)6-9(8)13-20(16,17)5-1-2-10(14)15/h3-4,6,13H,1-2,5H2,(H,14,15)(H2,12,18,19). The minimum absolute atomic E-state index is 0.00999. The molecule has 0 unspecified atom stereocenters. The number of hydrogen-bond donors (Lipinski definition) is 3. The Morgan fingerprint density at radius 3 is 2.43 bits per heavy atom. The third kappa shape index (κ3) is 5.87. The number of nitrogens with two attached hydrogens (primary N) is 1. The lowest BCUT2D eigenvalue weighted by molar-refractivity contribution is -0.137. The summed E-state index contributed by atoms with van der Waals surface area (Å²) in [4.78, 5) is 10.0. The molecule has 1 aromatic carbocycles. The molecule has 0 saturated carbocycles. The van der Waals surface area contributed by atoms with E-state index in [4.69, 9.17) is 21.8 Å². The maximum absolute atomic E-state index is 11.8. The summed E-state index contributed by atoms with van der Waals surface area (Å²) in [6.07, 6.45) is -0.386. The van der Waals surface area contributed by atoms with Crippen LogP contribution in [0.25, 0.3) is 0 Å². The number of primary sulfonamides is 1. The van der Waals surface area contributed by atoms with E-state index >= 15 is 0 Å². The summed E-state index contributed by atoms with van der Waals surface area (Å²) in [5.74, 6) is -1.55. The summed E-state index contributed by atoms with van der Waals surface area (Å²) in [6.45, 7) is 0. The van der Waals surface area contributed by atoms with Crippen LogP contribution in [0.15, 0.2) is 23.1 Å². The molecule has 0 amide bonds. The van der Waals surface area contributed by atoms with Gasteiger partial charge in [-0.1, -0.05) is 11.6 Å². The van der Waals surface area contributed by atoms with Crippen molar-refractivity contribution in [1.82, 2.24) is 0 Å². The topological polar surface area (TPSA) is 144 Å². The van der Waals surface area contributed by atoms with Crippen LogP contribution >= 0.6 is 11.6 Å². The smallest absolute Gasteiger partial charge is 0.303 e. The zero-order chi connectivity index (χ0) is 16.3. The average molecular weight is 357 g/mol. The lowest BCUT2D eigenvalue weighted by Crippen LogP contribution is -2.18. The van der Waals surface area contributed by atoms with Crippen LogP contribution in [-0.4, -0.2) is 33.7 Å². The zero-order valence-corrected chi connectivity index (χ0v) is 13.0. The molecule has 0 saturated heterocycles. The number of benzene rings is 1. The molecule has 0 aliphatic rings. The van der Waals surface area contributed by atoms with Crippen LogP contribution in [0.5, 0.6) is 0 Å². The summed E-state index contributed by atoms with van der Waals surface area (Å²) >= 11 is 5.78. The number of halogens is 1. The Morgan fingerprint density at radius 2 is 1.90 bits per heavy atom. The number of carbonyl (C=O) groups is 1. The van der Waals surface area contributed by atoms with Crippen molar-refractivity contribution in [2.24, 2.45) is 5.14 Å². The first kappa shape index (κ1) is 17.7. The van der Waals surface area contributed by atoms with E-state index < -0.39 is 31.8 Å². The van der Waals surface area contributed by atoms with Gasteiger partial charge in [-0.15, -0.1) is 0 Å². The van der Waals surface area contributed by atoms with Gasteiger partial charge in [0, 0.05) is 6.42 Å². The van der Waals surface area contributed by atoms with E-state index in [-0.39, 0.29) is 28.4 Å². The molecule has 0 radical (unpaired) electrons. The second-order valence-corrected chi connectivity index (χ2v) is 7.92. The molecule has 1 aromatic rings. The molecule has 1 rings (SSSR count). The van der Waals surface area contributed by atoms with Gasteiger partial charge >= 0.3 is 5.97 Å². The average Bonchev–Trinajstić information content (AvgIpc) is 2.29. The first-order valence-corrected chi connectivity index (χ1v) is 9.13. The molecular weight excluding hydrogens is 344 g/mol. The minimum Gasteiger partial charge on any atom is -0.481 e. The molecule has 0 spiro atoms. The van der Waals surface area contributed by atoms with Crippen molar-refractivity contribution in [1.29, 1.82) is 0 Å². The maximum Gasteiger partial charge on any atom is 0.303 e. The number of carboxylic acids is 1. The van der Waals surface area contributed by atoms with Gasteiger partial charge in [-0.25, -0.2) is 22.0 Å². The SMILES string of the molecule is NS(=O)(=O)c1ccc(Cl)c(NS(=O)(=O)CCCC(=O)O)c1. The predicted molar refractivity (Wildman–Crippen MR) is 77.1 cm³/mol. The molecule has 11 heteroatoms. The van der Waals surface area contributed by atoms with Crippen molar-refractivity contribution in [3.05, 3.63) is 23.2 Å². The molecule has 0 heterocycles. The van der Waals surface area contributed by atoms with E-state index in [1.807, 2.05) is 0 Å². The third-order valence-corrected chi connectivity index (χ3v) is 4.93. The number of hydrogen-bond acceptors (Lipinski definition) is 5. The van der Waals surface area contributed by atoms with Gasteiger partial charge in [0.25, 0.3) is 0 Å². The summed E-state index contributed by atoms with van der Waals surface area (Å²) in [5, 5.41) is 13.4. The quantitative estimate of drug-likeness (QED) is 0.652. The van der Waals surface area contributed by atoms with E-state index in [2.05, 4.69) is 4.72 Å². The molecule has 0 aliphatic heterocycles. The van der Waals surface area contributed by atoms with E-state index in [0.29, 0.717) is 0 Å². The fourth-order valence-corrected chi connectivity index (χ4v) is 3.28. The summed E-state index contributed by atoms with van der Waals surface area (Å²) in [7, 11) is -7.85. The number of aliphatic carboxylic acids is 1. The van der Waals surface area contributed by atoms with Gasteiger partial charge in [0.15, 0.2) is 0 Å². The second kappa shape index (κ2) is 6.60. The van der Waals surface area contributed by atoms with Gasteiger partial charge in [-0.05, 0) is 24.6 Å². The van der Waals surface area contributed by atoms with Crippen LogP contribution < -0.4 is 9.86 Å². The number of sulfonamides is 2. The molecule has 8 nitrogen and oxygen atoms in total. The van der Waals surface area contributed by atoms with E-state index in [1.54, 1.807) is 0 Å². The molecule has 0 aromatic heterocycles. The monoisotopic (exact) mass is 356 g/mol. The molecule has 0 bridgehead atoms. The van der Waals surface area contributed by atoms with E-state index in [1.165, 1.54) is 6.07 Å². The fraction of sp³-hybridized carbons (Fsp3) is 0.300. The highest BCUT2D eigenvalue weighted by molar-refractivity contribution is 7.92. The molecule has 4 N–H and O–H groups in total. The molecule has 118 valence electrons. The number of nitrogens with one attached hydrogen (secondary N) is 1. The van der Waals surface area contributed by atoms with E-state index in [9.17, 15) is 21.6 Å². The lowest BCUT2D eigenvalue weighted by Gasteiger charge is -2.10. The van der Waals surface area contributed by atoms with Crippen LogP contribution in [0, 0.1) is 0 Å². The number of anilines is 1. The Balaban J connectivity index is 2.94. The summed E-state index contributed by atoms with van der Waals surface area (Å²) in [6, 6.07) is 3.32. The van der Waals surface area contributed by atoms with Crippen molar-refractivity contribution >= 4 is 43.3 Å². The molecule has 0 atom stereocenters. The highest BCUT2D eigenvalue weighted by Crippen LogP contribution is 2.25. The van der Waals surface area contributed by atoms with Crippen LogP contribution in [-0.2, 0) is 24.8 Å². The molecule has 0 fully saturated rings. The Hall–Kier alpha value is -1.36. The Bertz CT molecular complexity index is 745. The van der Waals surface area contributed by atoms with Crippen molar-refractivity contribution in [3.8, 4) is 0 Å². The highest BCUT2D eigenvalue weighted by atomic mass is 35.5. The lowest BCUT2D eigenvalue weighted by atomic mass is 10.3. The van der Waals surface area contributed by atoms with Gasteiger partial charge in [-0.3, -0.25) is 9.52 Å². The third-order valence-electron chi connectivity index (χ3n) is 2.34.